The number of thiazole rings is 1. The van der Waals surface area contributed by atoms with E-state index in [1.807, 2.05) is 6.20 Å². The zero-order valence-electron chi connectivity index (χ0n) is 7.23. The molecular weight excluding hydrogens is 204 g/mol. The van der Waals surface area contributed by atoms with Gasteiger partial charge in [-0.15, -0.1) is 11.8 Å². The molecule has 1 aliphatic rings. The number of thioether (sulfide) groups is 1. The number of ether oxygens (including phenoxy) is 1. The lowest BCUT2D eigenvalue weighted by Crippen LogP contribution is -2.07. The standard InChI is InChI=1S/C8H12N2OS2/c9-8-10-4-7(13-8)12-5-6-2-1-3-11-6/h4,6H,1-3,5H2,(H2,9,10). The van der Waals surface area contributed by atoms with Crippen LogP contribution in [0, 0.1) is 0 Å². The van der Waals surface area contributed by atoms with Gasteiger partial charge in [0.2, 0.25) is 0 Å². The first kappa shape index (κ1) is 9.30. The fraction of sp³-hybridized carbons (Fsp3) is 0.625. The van der Waals surface area contributed by atoms with Gasteiger partial charge < -0.3 is 10.5 Å². The fourth-order valence-corrected chi connectivity index (χ4v) is 3.14. The molecule has 0 spiro atoms. The summed E-state index contributed by atoms with van der Waals surface area (Å²) in [6.45, 7) is 0.927. The Morgan fingerprint density at radius 1 is 1.77 bits per heavy atom. The highest BCUT2D eigenvalue weighted by molar-refractivity contribution is 8.01. The molecule has 0 aliphatic carbocycles. The molecule has 0 radical (unpaired) electrons. The molecule has 3 nitrogen and oxygen atoms in total. The van der Waals surface area contributed by atoms with Crippen LogP contribution in [0.1, 0.15) is 12.8 Å². The topological polar surface area (TPSA) is 48.1 Å². The second-order valence-electron chi connectivity index (χ2n) is 2.96. The van der Waals surface area contributed by atoms with Gasteiger partial charge in [0.15, 0.2) is 5.13 Å². The number of hydrogen-bond acceptors (Lipinski definition) is 5. The van der Waals surface area contributed by atoms with Crippen molar-refractivity contribution in [1.82, 2.24) is 4.98 Å². The lowest BCUT2D eigenvalue weighted by Gasteiger charge is -2.06. The summed E-state index contributed by atoms with van der Waals surface area (Å²) in [5.41, 5.74) is 5.53. The summed E-state index contributed by atoms with van der Waals surface area (Å²) in [5, 5.41) is 0.648. The van der Waals surface area contributed by atoms with E-state index < -0.39 is 0 Å². The molecular formula is C8H12N2OS2. The second kappa shape index (κ2) is 4.30. The Kier molecular flexibility index (Phi) is 3.08. The predicted molar refractivity (Wildman–Crippen MR) is 56.2 cm³/mol. The number of nitrogens with two attached hydrogens (primary N) is 1. The lowest BCUT2D eigenvalue weighted by atomic mass is 10.3. The van der Waals surface area contributed by atoms with Gasteiger partial charge in [0.25, 0.3) is 0 Å². The van der Waals surface area contributed by atoms with Gasteiger partial charge in [-0.3, -0.25) is 0 Å². The molecule has 1 unspecified atom stereocenters. The summed E-state index contributed by atoms with van der Waals surface area (Å²) in [5.74, 6) is 1.03. The van der Waals surface area contributed by atoms with Gasteiger partial charge in [0.05, 0.1) is 16.5 Å². The first-order valence-corrected chi connectivity index (χ1v) is 6.10. The maximum absolute atomic E-state index is 5.53. The highest BCUT2D eigenvalue weighted by Gasteiger charge is 2.15. The molecule has 2 heterocycles. The Labute approximate surface area is 85.7 Å². The van der Waals surface area contributed by atoms with Crippen LogP contribution in [0.5, 0.6) is 0 Å². The molecule has 1 aliphatic heterocycles. The van der Waals surface area contributed by atoms with Gasteiger partial charge >= 0.3 is 0 Å². The summed E-state index contributed by atoms with van der Waals surface area (Å²) in [7, 11) is 0. The maximum atomic E-state index is 5.53. The molecule has 2 rings (SSSR count). The molecule has 1 atom stereocenters. The monoisotopic (exact) mass is 216 g/mol. The number of nitrogen functional groups attached to an aromatic ring is 1. The van der Waals surface area contributed by atoms with Crippen molar-refractivity contribution < 1.29 is 4.74 Å². The quantitative estimate of drug-likeness (QED) is 0.785. The van der Waals surface area contributed by atoms with Crippen LogP contribution in [0.25, 0.3) is 0 Å². The Morgan fingerprint density at radius 2 is 2.69 bits per heavy atom. The highest BCUT2D eigenvalue weighted by atomic mass is 32.2. The Bertz CT molecular complexity index is 271. The average molecular weight is 216 g/mol. The molecule has 2 N–H and O–H groups in total. The van der Waals surface area contributed by atoms with E-state index in [-0.39, 0.29) is 0 Å². The van der Waals surface area contributed by atoms with Crippen LogP contribution in [0.4, 0.5) is 5.13 Å². The minimum Gasteiger partial charge on any atom is -0.377 e. The smallest absolute Gasteiger partial charge is 0.181 e. The maximum Gasteiger partial charge on any atom is 0.181 e. The number of nitrogens with zero attached hydrogens (tertiary/aromatic N) is 1. The van der Waals surface area contributed by atoms with Crippen LogP contribution < -0.4 is 5.73 Å². The fourth-order valence-electron chi connectivity index (χ4n) is 1.29. The molecule has 13 heavy (non-hydrogen) atoms. The van der Waals surface area contributed by atoms with Crippen LogP contribution in [-0.4, -0.2) is 23.4 Å². The van der Waals surface area contributed by atoms with Crippen molar-refractivity contribution in [2.75, 3.05) is 18.1 Å². The second-order valence-corrected chi connectivity index (χ2v) is 5.35. The van der Waals surface area contributed by atoms with Gasteiger partial charge in [-0.25, -0.2) is 4.98 Å². The minimum atomic E-state index is 0.438. The van der Waals surface area contributed by atoms with E-state index in [2.05, 4.69) is 4.98 Å². The molecule has 5 heteroatoms. The third kappa shape index (κ3) is 2.59. The van der Waals surface area contributed by atoms with Crippen molar-refractivity contribution >= 4 is 28.2 Å². The van der Waals surface area contributed by atoms with Crippen LogP contribution >= 0.6 is 23.1 Å². The molecule has 1 saturated heterocycles. The van der Waals surface area contributed by atoms with E-state index in [9.17, 15) is 0 Å². The van der Waals surface area contributed by atoms with E-state index in [4.69, 9.17) is 10.5 Å². The van der Waals surface area contributed by atoms with Crippen molar-refractivity contribution in [3.63, 3.8) is 0 Å². The first-order chi connectivity index (χ1) is 6.34. The van der Waals surface area contributed by atoms with Crippen molar-refractivity contribution in [3.8, 4) is 0 Å². The molecule has 1 aromatic heterocycles. The predicted octanol–water partition coefficient (Wildman–Crippen LogP) is 2.00. The summed E-state index contributed by atoms with van der Waals surface area (Å²) in [6, 6.07) is 0. The first-order valence-electron chi connectivity index (χ1n) is 4.30. The van der Waals surface area contributed by atoms with Crippen LogP contribution in [0.3, 0.4) is 0 Å². The summed E-state index contributed by atoms with van der Waals surface area (Å²) >= 11 is 3.33. The molecule has 0 aromatic carbocycles. The van der Waals surface area contributed by atoms with E-state index >= 15 is 0 Å². The molecule has 0 amide bonds. The molecule has 0 bridgehead atoms. The number of hydrogen-bond donors (Lipinski definition) is 1. The Balaban J connectivity index is 1.78. The van der Waals surface area contributed by atoms with E-state index in [0.717, 1.165) is 12.4 Å². The van der Waals surface area contributed by atoms with Crippen molar-refractivity contribution in [1.29, 1.82) is 0 Å². The summed E-state index contributed by atoms with van der Waals surface area (Å²) in [6.07, 6.45) is 4.67. The minimum absolute atomic E-state index is 0.438. The SMILES string of the molecule is Nc1ncc(SCC2CCCO2)s1. The molecule has 72 valence electrons. The largest absolute Gasteiger partial charge is 0.377 e. The van der Waals surface area contributed by atoms with E-state index in [1.54, 1.807) is 23.1 Å². The number of rotatable bonds is 3. The van der Waals surface area contributed by atoms with Crippen molar-refractivity contribution in [3.05, 3.63) is 6.20 Å². The zero-order chi connectivity index (χ0) is 9.10. The van der Waals surface area contributed by atoms with Gasteiger partial charge in [-0.2, -0.15) is 0 Å². The van der Waals surface area contributed by atoms with Crippen molar-refractivity contribution in [2.45, 2.75) is 23.2 Å². The van der Waals surface area contributed by atoms with E-state index in [1.165, 1.54) is 17.1 Å². The van der Waals surface area contributed by atoms with Gasteiger partial charge in [-0.05, 0) is 12.8 Å². The summed E-state index contributed by atoms with van der Waals surface area (Å²) < 4.78 is 6.70. The average Bonchev–Trinajstić information content (AvgIpc) is 2.71. The molecule has 0 saturated carbocycles. The van der Waals surface area contributed by atoms with Gasteiger partial charge in [-0.1, -0.05) is 11.3 Å². The Hall–Kier alpha value is -0.260. The molecule has 1 aromatic rings. The van der Waals surface area contributed by atoms with Crippen LogP contribution in [-0.2, 0) is 4.74 Å². The number of aromatic nitrogens is 1. The summed E-state index contributed by atoms with van der Waals surface area (Å²) in [4.78, 5) is 4.00. The van der Waals surface area contributed by atoms with Crippen LogP contribution in [0.15, 0.2) is 10.4 Å². The highest BCUT2D eigenvalue weighted by Crippen LogP contribution is 2.29. The Morgan fingerprint density at radius 3 is 3.31 bits per heavy atom. The normalized spacial score (nSPS) is 22.3. The van der Waals surface area contributed by atoms with Crippen molar-refractivity contribution in [2.24, 2.45) is 0 Å². The third-order valence-corrected chi connectivity index (χ3v) is 4.09. The van der Waals surface area contributed by atoms with E-state index in [0.29, 0.717) is 11.2 Å². The van der Waals surface area contributed by atoms with Gasteiger partial charge in [0, 0.05) is 12.4 Å². The van der Waals surface area contributed by atoms with Gasteiger partial charge in [0.1, 0.15) is 0 Å². The van der Waals surface area contributed by atoms with Crippen LogP contribution in [0.2, 0.25) is 0 Å². The number of anilines is 1. The third-order valence-electron chi connectivity index (χ3n) is 1.94. The lowest BCUT2D eigenvalue weighted by molar-refractivity contribution is 0.129. The molecule has 1 fully saturated rings. The zero-order valence-corrected chi connectivity index (χ0v) is 8.87.